The van der Waals surface area contributed by atoms with Gasteiger partial charge in [0.05, 0.1) is 6.04 Å². The monoisotopic (exact) mass is 326 g/mol. The molecule has 1 aromatic heterocycles. The van der Waals surface area contributed by atoms with E-state index in [1.54, 1.807) is 0 Å². The topological polar surface area (TPSA) is 63.8 Å². The van der Waals surface area contributed by atoms with Crippen LogP contribution in [0.2, 0.25) is 5.02 Å². The largest absolute Gasteiger partial charge is 0.383 e. The minimum absolute atomic E-state index is 0.0642. The van der Waals surface area contributed by atoms with E-state index < -0.39 is 0 Å². The fraction of sp³-hybridized carbons (Fsp3) is 0.167. The Labute approximate surface area is 119 Å². The van der Waals surface area contributed by atoms with E-state index in [0.717, 1.165) is 5.56 Å². The van der Waals surface area contributed by atoms with Crippen molar-refractivity contribution in [1.29, 1.82) is 0 Å². The lowest BCUT2D eigenvalue weighted by atomic mass is 10.1. The summed E-state index contributed by atoms with van der Waals surface area (Å²) in [4.78, 5) is 8.04. The molecule has 2 aromatic rings. The van der Waals surface area contributed by atoms with Crippen LogP contribution in [0, 0.1) is 0 Å². The van der Waals surface area contributed by atoms with E-state index in [-0.39, 0.29) is 6.04 Å². The highest BCUT2D eigenvalue weighted by molar-refractivity contribution is 9.10. The third-order valence-electron chi connectivity index (χ3n) is 2.52. The second kappa shape index (κ2) is 5.54. The quantitative estimate of drug-likeness (QED) is 0.903. The zero-order valence-corrected chi connectivity index (χ0v) is 12.0. The van der Waals surface area contributed by atoms with Gasteiger partial charge < -0.3 is 11.1 Å². The van der Waals surface area contributed by atoms with Gasteiger partial charge in [0.2, 0.25) is 0 Å². The molecule has 1 heterocycles. The summed E-state index contributed by atoms with van der Waals surface area (Å²) in [7, 11) is 0. The molecule has 0 radical (unpaired) electrons. The molecule has 0 spiro atoms. The predicted molar refractivity (Wildman–Crippen MR) is 77.6 cm³/mol. The SMILES string of the molecule is CC(Nc1ncnc(N)c1Br)c1cccc(Cl)c1. The van der Waals surface area contributed by atoms with Crippen molar-refractivity contribution < 1.29 is 0 Å². The van der Waals surface area contributed by atoms with Crippen molar-refractivity contribution in [3.05, 3.63) is 45.7 Å². The molecule has 0 aliphatic carbocycles. The first-order chi connectivity index (χ1) is 8.58. The Morgan fingerprint density at radius 3 is 2.89 bits per heavy atom. The fourth-order valence-electron chi connectivity index (χ4n) is 1.55. The van der Waals surface area contributed by atoms with E-state index in [4.69, 9.17) is 17.3 Å². The molecule has 18 heavy (non-hydrogen) atoms. The molecule has 94 valence electrons. The summed E-state index contributed by atoms with van der Waals surface area (Å²) in [6.45, 7) is 2.02. The molecule has 0 aliphatic rings. The van der Waals surface area contributed by atoms with Gasteiger partial charge >= 0.3 is 0 Å². The third-order valence-corrected chi connectivity index (χ3v) is 3.54. The lowest BCUT2D eigenvalue weighted by molar-refractivity contribution is 0.870. The first-order valence-electron chi connectivity index (χ1n) is 5.36. The molecule has 0 bridgehead atoms. The lowest BCUT2D eigenvalue weighted by Crippen LogP contribution is -2.09. The van der Waals surface area contributed by atoms with Gasteiger partial charge in [-0.2, -0.15) is 0 Å². The van der Waals surface area contributed by atoms with Crippen molar-refractivity contribution in [2.24, 2.45) is 0 Å². The average molecular weight is 328 g/mol. The molecule has 0 saturated carbocycles. The van der Waals surface area contributed by atoms with Crippen LogP contribution in [-0.4, -0.2) is 9.97 Å². The predicted octanol–water partition coefficient (Wildman–Crippen LogP) is 3.65. The number of aromatic nitrogens is 2. The summed E-state index contributed by atoms with van der Waals surface area (Å²) in [6.07, 6.45) is 1.42. The van der Waals surface area contributed by atoms with Crippen LogP contribution < -0.4 is 11.1 Å². The molecule has 0 amide bonds. The molecule has 1 atom stereocenters. The molecule has 0 saturated heterocycles. The maximum absolute atomic E-state index is 5.97. The fourth-order valence-corrected chi connectivity index (χ4v) is 2.07. The highest BCUT2D eigenvalue weighted by atomic mass is 79.9. The standard InChI is InChI=1S/C12H12BrClN4/c1-7(8-3-2-4-9(14)5-8)18-12-10(13)11(15)16-6-17-12/h2-7H,1H3,(H3,15,16,17,18). The van der Waals surface area contributed by atoms with E-state index in [9.17, 15) is 0 Å². The Kier molecular flexibility index (Phi) is 4.04. The molecule has 4 nitrogen and oxygen atoms in total. The molecule has 3 N–H and O–H groups in total. The highest BCUT2D eigenvalue weighted by Gasteiger charge is 2.10. The first-order valence-corrected chi connectivity index (χ1v) is 6.53. The van der Waals surface area contributed by atoms with E-state index in [1.807, 2.05) is 31.2 Å². The number of nitrogens with one attached hydrogen (secondary N) is 1. The molecule has 6 heteroatoms. The van der Waals surface area contributed by atoms with Gasteiger partial charge in [0, 0.05) is 5.02 Å². The van der Waals surface area contributed by atoms with Crippen molar-refractivity contribution in [3.8, 4) is 0 Å². The first kappa shape index (κ1) is 13.1. The lowest BCUT2D eigenvalue weighted by Gasteiger charge is -2.16. The number of nitrogens with zero attached hydrogens (tertiary/aromatic N) is 2. The number of benzene rings is 1. The minimum atomic E-state index is 0.0642. The van der Waals surface area contributed by atoms with E-state index in [1.165, 1.54) is 6.33 Å². The van der Waals surface area contributed by atoms with Crippen LogP contribution in [0.5, 0.6) is 0 Å². The van der Waals surface area contributed by atoms with Crippen molar-refractivity contribution in [2.45, 2.75) is 13.0 Å². The Hall–Kier alpha value is -1.33. The summed E-state index contributed by atoms with van der Waals surface area (Å²) < 4.78 is 0.666. The summed E-state index contributed by atoms with van der Waals surface area (Å²) in [5, 5.41) is 3.97. The number of nitrogens with two attached hydrogens (primary N) is 1. The Balaban J connectivity index is 2.21. The zero-order chi connectivity index (χ0) is 13.1. The summed E-state index contributed by atoms with van der Waals surface area (Å²) in [6, 6.07) is 7.74. The van der Waals surface area contributed by atoms with Crippen LogP contribution in [0.4, 0.5) is 11.6 Å². The van der Waals surface area contributed by atoms with Gasteiger partial charge in [-0.05, 0) is 40.5 Å². The van der Waals surface area contributed by atoms with Gasteiger partial charge in [-0.1, -0.05) is 23.7 Å². The summed E-state index contributed by atoms with van der Waals surface area (Å²) in [5.41, 5.74) is 6.78. The molecule has 2 rings (SSSR count). The van der Waals surface area contributed by atoms with Crippen LogP contribution in [0.3, 0.4) is 0 Å². The number of hydrogen-bond acceptors (Lipinski definition) is 4. The number of anilines is 2. The van der Waals surface area contributed by atoms with Crippen LogP contribution in [-0.2, 0) is 0 Å². The Bertz CT molecular complexity index is 562. The smallest absolute Gasteiger partial charge is 0.146 e. The number of rotatable bonds is 3. The van der Waals surface area contributed by atoms with E-state index in [2.05, 4.69) is 31.2 Å². The molecule has 0 fully saturated rings. The molecular weight excluding hydrogens is 316 g/mol. The van der Waals surface area contributed by atoms with Gasteiger partial charge in [0.15, 0.2) is 0 Å². The van der Waals surface area contributed by atoms with Crippen molar-refractivity contribution in [1.82, 2.24) is 9.97 Å². The number of nitrogen functional groups attached to an aromatic ring is 1. The average Bonchev–Trinajstić information content (AvgIpc) is 2.35. The van der Waals surface area contributed by atoms with Crippen LogP contribution >= 0.6 is 27.5 Å². The second-order valence-electron chi connectivity index (χ2n) is 3.84. The van der Waals surface area contributed by atoms with Crippen molar-refractivity contribution in [2.75, 3.05) is 11.1 Å². The number of halogens is 2. The third kappa shape index (κ3) is 2.91. The molecule has 1 unspecified atom stereocenters. The van der Waals surface area contributed by atoms with Crippen LogP contribution in [0.1, 0.15) is 18.5 Å². The minimum Gasteiger partial charge on any atom is -0.383 e. The maximum Gasteiger partial charge on any atom is 0.146 e. The van der Waals surface area contributed by atoms with E-state index in [0.29, 0.717) is 21.1 Å². The normalized spacial score (nSPS) is 12.2. The maximum atomic E-state index is 5.97. The van der Waals surface area contributed by atoms with Crippen molar-refractivity contribution >= 4 is 39.2 Å². The van der Waals surface area contributed by atoms with Gasteiger partial charge in [0.25, 0.3) is 0 Å². The highest BCUT2D eigenvalue weighted by Crippen LogP contribution is 2.28. The Morgan fingerprint density at radius 1 is 1.39 bits per heavy atom. The Morgan fingerprint density at radius 2 is 2.17 bits per heavy atom. The zero-order valence-electron chi connectivity index (χ0n) is 9.69. The summed E-state index contributed by atoms with van der Waals surface area (Å²) >= 11 is 9.32. The van der Waals surface area contributed by atoms with Crippen LogP contribution in [0.15, 0.2) is 35.1 Å². The van der Waals surface area contributed by atoms with Gasteiger partial charge in [-0.15, -0.1) is 0 Å². The number of hydrogen-bond donors (Lipinski definition) is 2. The van der Waals surface area contributed by atoms with Crippen LogP contribution in [0.25, 0.3) is 0 Å². The molecular formula is C12H12BrClN4. The molecule has 1 aromatic carbocycles. The second-order valence-corrected chi connectivity index (χ2v) is 5.07. The molecule has 0 aliphatic heterocycles. The van der Waals surface area contributed by atoms with Gasteiger partial charge in [-0.25, -0.2) is 9.97 Å². The van der Waals surface area contributed by atoms with Gasteiger partial charge in [0.1, 0.15) is 22.4 Å². The van der Waals surface area contributed by atoms with E-state index >= 15 is 0 Å². The summed E-state index contributed by atoms with van der Waals surface area (Å²) in [5.74, 6) is 1.07. The van der Waals surface area contributed by atoms with Gasteiger partial charge in [-0.3, -0.25) is 0 Å². The van der Waals surface area contributed by atoms with Crippen molar-refractivity contribution in [3.63, 3.8) is 0 Å².